The van der Waals surface area contributed by atoms with Gasteiger partial charge in [-0.3, -0.25) is 0 Å². The van der Waals surface area contributed by atoms with Crippen LogP contribution in [0.1, 0.15) is 23.9 Å². The molecular weight excluding hydrogens is 312 g/mol. The Kier molecular flexibility index (Phi) is 4.93. The number of benzene rings is 2. The minimum absolute atomic E-state index is 0.123. The number of anilines is 1. The summed E-state index contributed by atoms with van der Waals surface area (Å²) in [5.74, 6) is 0. The number of hydrogen-bond acceptors (Lipinski definition) is 3. The van der Waals surface area contributed by atoms with Gasteiger partial charge in [0.05, 0.1) is 22.4 Å². The standard InChI is InChI=1S/C20H22N4O/c1-4-24(13-16-8-6-5-7-9-16)20(25)23-17-10-11-18-19(12-17)22-15(3)14(2)21-18/h5-12H,4,13H2,1-3H3,(H,23,25). The van der Waals surface area contributed by atoms with E-state index < -0.39 is 0 Å². The van der Waals surface area contributed by atoms with E-state index in [1.54, 1.807) is 4.90 Å². The Bertz CT molecular complexity index is 893. The fourth-order valence-electron chi connectivity index (χ4n) is 2.64. The average molecular weight is 334 g/mol. The van der Waals surface area contributed by atoms with E-state index in [9.17, 15) is 4.79 Å². The predicted molar refractivity (Wildman–Crippen MR) is 101 cm³/mol. The zero-order valence-electron chi connectivity index (χ0n) is 14.8. The summed E-state index contributed by atoms with van der Waals surface area (Å²) < 4.78 is 0. The Hall–Kier alpha value is -2.95. The summed E-state index contributed by atoms with van der Waals surface area (Å²) in [4.78, 5) is 23.4. The summed E-state index contributed by atoms with van der Waals surface area (Å²) in [6.07, 6.45) is 0. The van der Waals surface area contributed by atoms with Crippen molar-refractivity contribution in [2.75, 3.05) is 11.9 Å². The largest absolute Gasteiger partial charge is 0.322 e. The molecule has 0 unspecified atom stereocenters. The number of nitrogens with zero attached hydrogens (tertiary/aromatic N) is 3. The molecule has 0 saturated carbocycles. The van der Waals surface area contributed by atoms with Crippen LogP contribution in [0.25, 0.3) is 11.0 Å². The van der Waals surface area contributed by atoms with Crippen LogP contribution in [0.3, 0.4) is 0 Å². The summed E-state index contributed by atoms with van der Waals surface area (Å²) in [6, 6.07) is 15.5. The maximum absolute atomic E-state index is 12.6. The Labute approximate surface area is 147 Å². The van der Waals surface area contributed by atoms with Crippen LogP contribution in [0.15, 0.2) is 48.5 Å². The summed E-state index contributed by atoms with van der Waals surface area (Å²) in [5.41, 5.74) is 5.26. The molecule has 0 spiro atoms. The Morgan fingerprint density at radius 1 is 1.00 bits per heavy atom. The lowest BCUT2D eigenvalue weighted by molar-refractivity contribution is 0.212. The summed E-state index contributed by atoms with van der Waals surface area (Å²) in [5, 5.41) is 2.96. The molecule has 25 heavy (non-hydrogen) atoms. The van der Waals surface area contributed by atoms with Crippen molar-refractivity contribution in [2.24, 2.45) is 0 Å². The van der Waals surface area contributed by atoms with Crippen LogP contribution in [0.4, 0.5) is 10.5 Å². The van der Waals surface area contributed by atoms with Crippen molar-refractivity contribution < 1.29 is 4.79 Å². The van der Waals surface area contributed by atoms with Crippen LogP contribution in [0.2, 0.25) is 0 Å². The molecule has 0 saturated heterocycles. The van der Waals surface area contributed by atoms with Gasteiger partial charge in [-0.2, -0.15) is 0 Å². The second-order valence-corrected chi connectivity index (χ2v) is 6.03. The van der Waals surface area contributed by atoms with Gasteiger partial charge in [0.1, 0.15) is 0 Å². The van der Waals surface area contributed by atoms with Crippen LogP contribution in [0, 0.1) is 13.8 Å². The zero-order chi connectivity index (χ0) is 17.8. The third-order valence-corrected chi connectivity index (χ3v) is 4.21. The molecule has 2 amide bonds. The molecule has 0 radical (unpaired) electrons. The fourth-order valence-corrected chi connectivity index (χ4v) is 2.64. The van der Waals surface area contributed by atoms with Crippen LogP contribution < -0.4 is 5.32 Å². The van der Waals surface area contributed by atoms with Crippen molar-refractivity contribution in [1.29, 1.82) is 0 Å². The van der Waals surface area contributed by atoms with Gasteiger partial charge in [-0.15, -0.1) is 0 Å². The monoisotopic (exact) mass is 334 g/mol. The number of urea groups is 1. The second kappa shape index (κ2) is 7.30. The van der Waals surface area contributed by atoms with Gasteiger partial charge in [-0.1, -0.05) is 30.3 Å². The second-order valence-electron chi connectivity index (χ2n) is 6.03. The minimum Gasteiger partial charge on any atom is -0.320 e. The predicted octanol–water partition coefficient (Wildman–Crippen LogP) is 4.30. The summed E-state index contributed by atoms with van der Waals surface area (Å²) in [7, 11) is 0. The van der Waals surface area contributed by atoms with E-state index in [4.69, 9.17) is 0 Å². The maximum Gasteiger partial charge on any atom is 0.322 e. The smallest absolute Gasteiger partial charge is 0.320 e. The third kappa shape index (κ3) is 3.94. The highest BCUT2D eigenvalue weighted by Crippen LogP contribution is 2.18. The van der Waals surface area contributed by atoms with Crippen molar-refractivity contribution in [1.82, 2.24) is 14.9 Å². The molecule has 1 aromatic heterocycles. The van der Waals surface area contributed by atoms with Crippen molar-refractivity contribution in [3.05, 3.63) is 65.5 Å². The van der Waals surface area contributed by atoms with Gasteiger partial charge < -0.3 is 10.2 Å². The van der Waals surface area contributed by atoms with E-state index in [1.807, 2.05) is 69.3 Å². The molecule has 1 heterocycles. The molecule has 1 N–H and O–H groups in total. The van der Waals surface area contributed by atoms with E-state index in [0.29, 0.717) is 13.1 Å². The number of fused-ring (bicyclic) bond motifs is 1. The topological polar surface area (TPSA) is 58.1 Å². The molecular formula is C20H22N4O. The van der Waals surface area contributed by atoms with E-state index in [2.05, 4.69) is 15.3 Å². The Morgan fingerprint density at radius 2 is 1.68 bits per heavy atom. The molecule has 0 aliphatic carbocycles. The van der Waals surface area contributed by atoms with Crippen molar-refractivity contribution >= 4 is 22.8 Å². The highest BCUT2D eigenvalue weighted by atomic mass is 16.2. The first-order valence-electron chi connectivity index (χ1n) is 8.41. The molecule has 0 aliphatic rings. The van der Waals surface area contributed by atoms with Crippen LogP contribution in [0.5, 0.6) is 0 Å². The first-order chi connectivity index (χ1) is 12.1. The van der Waals surface area contributed by atoms with E-state index in [1.165, 1.54) is 0 Å². The first kappa shape index (κ1) is 16.9. The summed E-state index contributed by atoms with van der Waals surface area (Å²) in [6.45, 7) is 7.06. The zero-order valence-corrected chi connectivity index (χ0v) is 14.8. The molecule has 3 aromatic rings. The molecule has 0 aliphatic heterocycles. The minimum atomic E-state index is -0.123. The van der Waals surface area contributed by atoms with Gasteiger partial charge in [0.25, 0.3) is 0 Å². The van der Waals surface area contributed by atoms with Crippen molar-refractivity contribution in [3.63, 3.8) is 0 Å². The molecule has 128 valence electrons. The van der Waals surface area contributed by atoms with E-state index >= 15 is 0 Å². The number of amides is 2. The van der Waals surface area contributed by atoms with Gasteiger partial charge in [0.2, 0.25) is 0 Å². The number of aromatic nitrogens is 2. The number of carbonyl (C=O) groups excluding carboxylic acids is 1. The van der Waals surface area contributed by atoms with Gasteiger partial charge in [0, 0.05) is 18.8 Å². The van der Waals surface area contributed by atoms with Crippen molar-refractivity contribution in [2.45, 2.75) is 27.3 Å². The van der Waals surface area contributed by atoms with Crippen LogP contribution in [-0.4, -0.2) is 27.4 Å². The van der Waals surface area contributed by atoms with Crippen LogP contribution >= 0.6 is 0 Å². The number of carbonyl (C=O) groups is 1. The van der Waals surface area contributed by atoms with Gasteiger partial charge in [-0.05, 0) is 44.5 Å². The molecule has 2 aromatic carbocycles. The molecule has 5 nitrogen and oxygen atoms in total. The highest BCUT2D eigenvalue weighted by molar-refractivity contribution is 5.91. The van der Waals surface area contributed by atoms with Crippen molar-refractivity contribution in [3.8, 4) is 0 Å². The average Bonchev–Trinajstić information content (AvgIpc) is 2.61. The Morgan fingerprint density at radius 3 is 2.36 bits per heavy atom. The molecule has 0 fully saturated rings. The number of rotatable bonds is 4. The number of hydrogen-bond donors (Lipinski definition) is 1. The third-order valence-electron chi connectivity index (χ3n) is 4.21. The van der Waals surface area contributed by atoms with Crippen LogP contribution in [-0.2, 0) is 6.54 Å². The first-order valence-corrected chi connectivity index (χ1v) is 8.41. The van der Waals surface area contributed by atoms with Gasteiger partial charge >= 0.3 is 6.03 Å². The molecule has 3 rings (SSSR count). The fraction of sp³-hybridized carbons (Fsp3) is 0.250. The molecule has 5 heteroatoms. The lowest BCUT2D eigenvalue weighted by Crippen LogP contribution is -2.34. The summed E-state index contributed by atoms with van der Waals surface area (Å²) >= 11 is 0. The molecule has 0 bridgehead atoms. The van der Waals surface area contributed by atoms with Gasteiger partial charge in [0.15, 0.2) is 0 Å². The Balaban J connectivity index is 1.77. The lowest BCUT2D eigenvalue weighted by Gasteiger charge is -2.21. The SMILES string of the molecule is CCN(Cc1ccccc1)C(=O)Nc1ccc2nc(C)c(C)nc2c1. The van der Waals surface area contributed by atoms with E-state index in [-0.39, 0.29) is 6.03 Å². The van der Waals surface area contributed by atoms with Gasteiger partial charge in [-0.25, -0.2) is 14.8 Å². The number of nitrogens with one attached hydrogen (secondary N) is 1. The normalized spacial score (nSPS) is 10.7. The quantitative estimate of drug-likeness (QED) is 0.774. The highest BCUT2D eigenvalue weighted by Gasteiger charge is 2.13. The number of aryl methyl sites for hydroxylation is 2. The molecule has 0 atom stereocenters. The maximum atomic E-state index is 12.6. The van der Waals surface area contributed by atoms with E-state index in [0.717, 1.165) is 33.7 Å². The lowest BCUT2D eigenvalue weighted by atomic mass is 10.2.